The molecule has 25 heavy (non-hydrogen) atoms. The van der Waals surface area contributed by atoms with Crippen LogP contribution < -0.4 is 5.32 Å². The van der Waals surface area contributed by atoms with E-state index in [-0.39, 0.29) is 17.7 Å². The molecule has 2 aromatic heterocycles. The zero-order chi connectivity index (χ0) is 18.2. The molecule has 0 aliphatic rings. The minimum absolute atomic E-state index is 0.115. The Kier molecular flexibility index (Phi) is 4.10. The molecule has 0 fully saturated rings. The van der Waals surface area contributed by atoms with E-state index < -0.39 is 5.54 Å². The minimum atomic E-state index is -0.760. The third kappa shape index (κ3) is 3.55. The highest BCUT2D eigenvalue weighted by atomic mass is 16.5. The van der Waals surface area contributed by atoms with Gasteiger partial charge < -0.3 is 14.4 Å². The van der Waals surface area contributed by atoms with Gasteiger partial charge in [0.25, 0.3) is 0 Å². The Balaban J connectivity index is 1.74. The number of hydrogen-bond donors (Lipinski definition) is 1. The summed E-state index contributed by atoms with van der Waals surface area (Å²) < 4.78 is 10.6. The van der Waals surface area contributed by atoms with Crippen molar-refractivity contribution in [2.24, 2.45) is 0 Å². The van der Waals surface area contributed by atoms with Crippen LogP contribution in [0.1, 0.15) is 52.0 Å². The van der Waals surface area contributed by atoms with Gasteiger partial charge in [-0.2, -0.15) is 4.98 Å². The Morgan fingerprint density at radius 1 is 1.08 bits per heavy atom. The molecule has 1 N–H and O–H groups in total. The molecule has 0 saturated carbocycles. The van der Waals surface area contributed by atoms with E-state index in [2.05, 4.69) is 20.6 Å². The smallest absolute Gasteiger partial charge is 0.232 e. The number of aromatic nitrogens is 3. The Bertz CT molecular complexity index is 902. The number of fused-ring (bicyclic) bond motifs is 1. The van der Waals surface area contributed by atoms with E-state index in [1.54, 1.807) is 0 Å². The van der Waals surface area contributed by atoms with Crippen LogP contribution in [0.3, 0.4) is 0 Å². The predicted octanol–water partition coefficient (Wildman–Crippen LogP) is 3.10. The molecule has 7 heteroatoms. The summed E-state index contributed by atoms with van der Waals surface area (Å²) in [5.74, 6) is 0.786. The molecule has 0 atom stereocenters. The van der Waals surface area contributed by atoms with Gasteiger partial charge in [-0.3, -0.25) is 4.79 Å². The lowest BCUT2D eigenvalue weighted by Crippen LogP contribution is -2.42. The van der Waals surface area contributed by atoms with Crippen LogP contribution in [0.2, 0.25) is 0 Å². The van der Waals surface area contributed by atoms with Crippen molar-refractivity contribution in [2.45, 2.75) is 52.0 Å². The van der Waals surface area contributed by atoms with Gasteiger partial charge in [0, 0.05) is 10.8 Å². The molecule has 0 radical (unpaired) electrons. The van der Waals surface area contributed by atoms with Gasteiger partial charge in [0.15, 0.2) is 11.4 Å². The summed E-state index contributed by atoms with van der Waals surface area (Å²) in [6, 6.07) is 7.46. The molecule has 2 heterocycles. The number of amides is 1. The van der Waals surface area contributed by atoms with Crippen LogP contribution in [0.5, 0.6) is 0 Å². The molecular weight excluding hydrogens is 320 g/mol. The van der Waals surface area contributed by atoms with E-state index in [0.717, 1.165) is 5.39 Å². The van der Waals surface area contributed by atoms with E-state index >= 15 is 0 Å². The summed E-state index contributed by atoms with van der Waals surface area (Å²) in [6.45, 7) is 9.65. The molecule has 132 valence electrons. The van der Waals surface area contributed by atoms with Gasteiger partial charge in [-0.25, -0.2) is 0 Å². The topological polar surface area (TPSA) is 94.1 Å². The number of carbonyl (C=O) groups is 1. The lowest BCUT2D eigenvalue weighted by molar-refractivity contribution is -0.122. The molecule has 3 rings (SSSR count). The third-order valence-electron chi connectivity index (χ3n) is 3.86. The largest absolute Gasteiger partial charge is 0.356 e. The maximum atomic E-state index is 12.5. The van der Waals surface area contributed by atoms with Crippen molar-refractivity contribution in [3.05, 3.63) is 41.7 Å². The molecule has 0 bridgehead atoms. The van der Waals surface area contributed by atoms with Crippen molar-refractivity contribution in [1.29, 1.82) is 0 Å². The predicted molar refractivity (Wildman–Crippen MR) is 91.9 cm³/mol. The average molecular weight is 342 g/mol. The molecular formula is C18H22N4O3. The first kappa shape index (κ1) is 17.1. The monoisotopic (exact) mass is 342 g/mol. The maximum Gasteiger partial charge on any atom is 0.232 e. The van der Waals surface area contributed by atoms with Gasteiger partial charge in [0.05, 0.1) is 12.0 Å². The first-order valence-electron chi connectivity index (χ1n) is 8.16. The molecule has 1 amide bonds. The third-order valence-corrected chi connectivity index (χ3v) is 3.86. The van der Waals surface area contributed by atoms with E-state index in [0.29, 0.717) is 23.0 Å². The number of nitrogens with one attached hydrogen (secondary N) is 1. The van der Waals surface area contributed by atoms with Crippen molar-refractivity contribution < 1.29 is 13.8 Å². The van der Waals surface area contributed by atoms with E-state index in [9.17, 15) is 4.79 Å². The molecule has 3 aromatic rings. The van der Waals surface area contributed by atoms with Crippen LogP contribution >= 0.6 is 0 Å². The zero-order valence-electron chi connectivity index (χ0n) is 15.1. The molecule has 0 unspecified atom stereocenters. The normalized spacial score (nSPS) is 12.5. The Labute approximate surface area is 145 Å². The second kappa shape index (κ2) is 5.98. The van der Waals surface area contributed by atoms with Crippen LogP contribution in [-0.4, -0.2) is 21.2 Å². The van der Waals surface area contributed by atoms with Gasteiger partial charge in [0.1, 0.15) is 5.69 Å². The van der Waals surface area contributed by atoms with Crippen molar-refractivity contribution in [1.82, 2.24) is 20.6 Å². The maximum absolute atomic E-state index is 12.5. The number of benzene rings is 1. The standard InChI is InChI=1S/C18H22N4O3/c1-17(2,3)16-19-15(22-25-16)18(4,5)20-14(23)10-12-11-8-6-7-9-13(11)24-21-12/h6-9H,10H2,1-5H3,(H,20,23). The quantitative estimate of drug-likeness (QED) is 0.783. The fraction of sp³-hybridized carbons (Fsp3) is 0.444. The van der Waals surface area contributed by atoms with E-state index in [1.165, 1.54) is 0 Å². The van der Waals surface area contributed by atoms with Gasteiger partial charge >= 0.3 is 0 Å². The van der Waals surface area contributed by atoms with Gasteiger partial charge in [-0.15, -0.1) is 0 Å². The van der Waals surface area contributed by atoms with E-state index in [4.69, 9.17) is 9.05 Å². The Morgan fingerprint density at radius 3 is 2.48 bits per heavy atom. The van der Waals surface area contributed by atoms with Gasteiger partial charge in [-0.1, -0.05) is 43.2 Å². The van der Waals surface area contributed by atoms with Crippen molar-refractivity contribution >= 4 is 16.9 Å². The lowest BCUT2D eigenvalue weighted by Gasteiger charge is -2.22. The number of nitrogens with zero attached hydrogens (tertiary/aromatic N) is 3. The Morgan fingerprint density at radius 2 is 1.80 bits per heavy atom. The highest BCUT2D eigenvalue weighted by molar-refractivity contribution is 5.86. The molecule has 0 aliphatic heterocycles. The summed E-state index contributed by atoms with van der Waals surface area (Å²) in [4.78, 5) is 16.9. The van der Waals surface area contributed by atoms with E-state index in [1.807, 2.05) is 58.9 Å². The number of hydrogen-bond acceptors (Lipinski definition) is 6. The zero-order valence-corrected chi connectivity index (χ0v) is 15.1. The van der Waals surface area contributed by atoms with Crippen LogP contribution in [0, 0.1) is 0 Å². The lowest BCUT2D eigenvalue weighted by atomic mass is 9.97. The van der Waals surface area contributed by atoms with Crippen LogP contribution in [0.4, 0.5) is 0 Å². The summed E-state index contributed by atoms with van der Waals surface area (Å²) in [6.07, 6.45) is 0.115. The molecule has 0 aliphatic carbocycles. The second-order valence-corrected chi connectivity index (χ2v) is 7.65. The first-order valence-corrected chi connectivity index (χ1v) is 8.16. The van der Waals surface area contributed by atoms with Gasteiger partial charge in [0.2, 0.25) is 11.8 Å². The molecule has 7 nitrogen and oxygen atoms in total. The summed E-state index contributed by atoms with van der Waals surface area (Å²) in [5.41, 5.74) is 0.263. The van der Waals surface area contributed by atoms with Gasteiger partial charge in [-0.05, 0) is 26.0 Å². The molecule has 1 aromatic carbocycles. The summed E-state index contributed by atoms with van der Waals surface area (Å²) >= 11 is 0. The first-order chi connectivity index (χ1) is 11.7. The minimum Gasteiger partial charge on any atom is -0.356 e. The SMILES string of the molecule is CC(C)(C)c1nc(C(C)(C)NC(=O)Cc2noc3ccccc23)no1. The van der Waals surface area contributed by atoms with Crippen LogP contribution in [0.15, 0.2) is 33.3 Å². The average Bonchev–Trinajstić information content (AvgIpc) is 3.14. The van der Waals surface area contributed by atoms with Crippen LogP contribution in [-0.2, 0) is 22.2 Å². The Hall–Kier alpha value is -2.70. The van der Waals surface area contributed by atoms with Crippen molar-refractivity contribution in [3.63, 3.8) is 0 Å². The highest BCUT2D eigenvalue weighted by Gasteiger charge is 2.31. The van der Waals surface area contributed by atoms with Crippen molar-refractivity contribution in [3.8, 4) is 0 Å². The molecule has 0 spiro atoms. The fourth-order valence-corrected chi connectivity index (χ4v) is 2.45. The molecule has 0 saturated heterocycles. The fourth-order valence-electron chi connectivity index (χ4n) is 2.45. The van der Waals surface area contributed by atoms with Crippen molar-refractivity contribution in [2.75, 3.05) is 0 Å². The number of para-hydroxylation sites is 1. The summed E-state index contributed by atoms with van der Waals surface area (Å²) in [7, 11) is 0. The number of rotatable bonds is 4. The summed E-state index contributed by atoms with van der Waals surface area (Å²) in [5, 5.41) is 11.8. The van der Waals surface area contributed by atoms with Crippen LogP contribution in [0.25, 0.3) is 11.0 Å². The number of carbonyl (C=O) groups excluding carboxylic acids is 1. The second-order valence-electron chi connectivity index (χ2n) is 7.65. The highest BCUT2D eigenvalue weighted by Crippen LogP contribution is 2.24.